The summed E-state index contributed by atoms with van der Waals surface area (Å²) in [6.07, 6.45) is 1.44. The second kappa shape index (κ2) is 6.97. The van der Waals surface area contributed by atoms with Gasteiger partial charge in [0.05, 0.1) is 11.8 Å². The van der Waals surface area contributed by atoms with Crippen LogP contribution in [0.5, 0.6) is 0 Å². The maximum absolute atomic E-state index is 12.7. The number of hydrogen-bond donors (Lipinski definition) is 3. The first-order chi connectivity index (χ1) is 13.8. The molecule has 8 heteroatoms. The maximum Gasteiger partial charge on any atom is 0.292 e. The van der Waals surface area contributed by atoms with E-state index in [2.05, 4.69) is 20.8 Å². The van der Waals surface area contributed by atoms with E-state index in [9.17, 15) is 9.59 Å². The minimum absolute atomic E-state index is 0.113. The molecule has 0 aliphatic carbocycles. The van der Waals surface area contributed by atoms with Crippen molar-refractivity contribution in [1.82, 2.24) is 15.5 Å². The Hall–Kier alpha value is -3.81. The van der Waals surface area contributed by atoms with Gasteiger partial charge in [0.2, 0.25) is 0 Å². The van der Waals surface area contributed by atoms with E-state index in [1.165, 1.54) is 6.26 Å². The van der Waals surface area contributed by atoms with E-state index in [0.717, 1.165) is 5.56 Å². The summed E-state index contributed by atoms with van der Waals surface area (Å²) in [5.74, 6) is -0.337. The normalized spacial score (nSPS) is 11.6. The summed E-state index contributed by atoms with van der Waals surface area (Å²) in [6.45, 7) is 5.59. The Bertz CT molecular complexity index is 1180. The number of nitrogens with one attached hydrogen (secondary N) is 3. The molecule has 4 rings (SSSR count). The van der Waals surface area contributed by atoms with Gasteiger partial charge in [-0.1, -0.05) is 30.3 Å². The van der Waals surface area contributed by atoms with Crippen LogP contribution >= 0.6 is 0 Å². The Morgan fingerprint density at radius 2 is 1.86 bits per heavy atom. The fourth-order valence-electron chi connectivity index (χ4n) is 3.06. The predicted octanol–water partition coefficient (Wildman–Crippen LogP) is 3.97. The monoisotopic (exact) mass is 392 g/mol. The number of H-pyrrole nitrogens is 1. The van der Waals surface area contributed by atoms with E-state index in [1.54, 1.807) is 19.1 Å². The number of aryl methyl sites for hydroxylation is 1. The fraction of sp³-hybridized carbons (Fsp3) is 0.190. The maximum atomic E-state index is 12.7. The van der Waals surface area contributed by atoms with E-state index < -0.39 is 11.4 Å². The first-order valence-corrected chi connectivity index (χ1v) is 9.06. The Morgan fingerprint density at radius 1 is 1.10 bits per heavy atom. The number of carbonyl (C=O) groups excluding carboxylic acids is 2. The van der Waals surface area contributed by atoms with Crippen molar-refractivity contribution in [1.29, 1.82) is 0 Å². The second-order valence-corrected chi connectivity index (χ2v) is 7.26. The van der Waals surface area contributed by atoms with Gasteiger partial charge in [-0.15, -0.1) is 0 Å². The van der Waals surface area contributed by atoms with Crippen molar-refractivity contribution in [3.63, 3.8) is 0 Å². The number of hydrogen-bond acceptors (Lipinski definition) is 5. The third kappa shape index (κ3) is 3.52. The van der Waals surface area contributed by atoms with Crippen molar-refractivity contribution in [3.05, 3.63) is 71.4 Å². The van der Waals surface area contributed by atoms with Gasteiger partial charge in [-0.05, 0) is 32.4 Å². The number of aromatic amines is 1. The van der Waals surface area contributed by atoms with Crippen molar-refractivity contribution < 1.29 is 18.4 Å². The molecule has 3 aromatic heterocycles. The zero-order chi connectivity index (χ0) is 20.6. The number of furan rings is 2. The molecular formula is C21H20N4O4. The van der Waals surface area contributed by atoms with Gasteiger partial charge in [-0.25, -0.2) is 0 Å². The van der Waals surface area contributed by atoms with Crippen LogP contribution in [0.15, 0.2) is 57.6 Å². The van der Waals surface area contributed by atoms with Gasteiger partial charge in [-0.3, -0.25) is 20.0 Å². The Labute approximate surface area is 166 Å². The van der Waals surface area contributed by atoms with Crippen LogP contribution in [0.3, 0.4) is 0 Å². The molecule has 148 valence electrons. The minimum atomic E-state index is -0.592. The first kappa shape index (κ1) is 18.5. The molecule has 1 aromatic carbocycles. The zero-order valence-electron chi connectivity index (χ0n) is 16.2. The lowest BCUT2D eigenvalue weighted by Gasteiger charge is -2.26. The van der Waals surface area contributed by atoms with Crippen molar-refractivity contribution in [2.45, 2.75) is 26.3 Å². The highest BCUT2D eigenvalue weighted by atomic mass is 16.4. The van der Waals surface area contributed by atoms with Gasteiger partial charge in [0.1, 0.15) is 5.52 Å². The highest BCUT2D eigenvalue weighted by Crippen LogP contribution is 2.26. The highest BCUT2D eigenvalue weighted by molar-refractivity contribution is 6.06. The molecule has 2 amide bonds. The summed E-state index contributed by atoms with van der Waals surface area (Å²) in [5, 5.41) is 12.4. The summed E-state index contributed by atoms with van der Waals surface area (Å²) in [7, 11) is 0. The summed E-state index contributed by atoms with van der Waals surface area (Å²) < 4.78 is 10.9. The second-order valence-electron chi connectivity index (χ2n) is 7.26. The molecule has 3 heterocycles. The number of fused-ring (bicyclic) bond motifs is 1. The third-order valence-electron chi connectivity index (χ3n) is 4.68. The van der Waals surface area contributed by atoms with Crippen LogP contribution in [-0.4, -0.2) is 22.0 Å². The average Bonchev–Trinajstić information content (AvgIpc) is 3.39. The largest absolute Gasteiger partial charge is 0.459 e. The van der Waals surface area contributed by atoms with Crippen LogP contribution in [0.25, 0.3) is 11.1 Å². The molecule has 4 aromatic rings. The molecule has 3 N–H and O–H groups in total. The SMILES string of the molecule is Cc1ccoc1C(=O)Nc1n[nH]c2cc(C(=O)NC(C)(C)c3ccccc3)oc12. The summed E-state index contributed by atoms with van der Waals surface area (Å²) >= 11 is 0. The smallest absolute Gasteiger partial charge is 0.292 e. The number of anilines is 1. The van der Waals surface area contributed by atoms with Crippen LogP contribution in [0.4, 0.5) is 5.82 Å². The van der Waals surface area contributed by atoms with Crippen molar-refractivity contribution in [2.24, 2.45) is 0 Å². The molecule has 0 saturated heterocycles. The first-order valence-electron chi connectivity index (χ1n) is 9.06. The van der Waals surface area contributed by atoms with Gasteiger partial charge in [0, 0.05) is 11.6 Å². The highest BCUT2D eigenvalue weighted by Gasteiger charge is 2.26. The van der Waals surface area contributed by atoms with E-state index in [0.29, 0.717) is 11.1 Å². The molecule has 0 radical (unpaired) electrons. The van der Waals surface area contributed by atoms with Gasteiger partial charge in [0.15, 0.2) is 22.9 Å². The van der Waals surface area contributed by atoms with Crippen molar-refractivity contribution >= 4 is 28.7 Å². The number of nitrogens with zero attached hydrogens (tertiary/aromatic N) is 1. The fourth-order valence-corrected chi connectivity index (χ4v) is 3.06. The lowest BCUT2D eigenvalue weighted by atomic mass is 9.94. The van der Waals surface area contributed by atoms with Crippen LogP contribution in [0.2, 0.25) is 0 Å². The predicted molar refractivity (Wildman–Crippen MR) is 107 cm³/mol. The van der Waals surface area contributed by atoms with Crippen LogP contribution in [0, 0.1) is 6.92 Å². The van der Waals surface area contributed by atoms with Crippen LogP contribution in [0.1, 0.15) is 46.1 Å². The molecule has 0 saturated carbocycles. The number of rotatable bonds is 5. The quantitative estimate of drug-likeness (QED) is 0.475. The molecule has 0 atom stereocenters. The average molecular weight is 392 g/mol. The van der Waals surface area contributed by atoms with E-state index in [4.69, 9.17) is 8.83 Å². The summed E-state index contributed by atoms with van der Waals surface area (Å²) in [6, 6.07) is 12.9. The molecule has 29 heavy (non-hydrogen) atoms. The topological polar surface area (TPSA) is 113 Å². The third-order valence-corrected chi connectivity index (χ3v) is 4.68. The van der Waals surface area contributed by atoms with Crippen molar-refractivity contribution in [3.8, 4) is 0 Å². The number of carbonyl (C=O) groups is 2. The Kier molecular flexibility index (Phi) is 4.46. The molecule has 0 aliphatic rings. The number of amides is 2. The molecule has 0 spiro atoms. The van der Waals surface area contributed by atoms with Crippen LogP contribution in [-0.2, 0) is 5.54 Å². The Morgan fingerprint density at radius 3 is 2.55 bits per heavy atom. The van der Waals surface area contributed by atoms with Gasteiger partial charge in [0.25, 0.3) is 11.8 Å². The summed E-state index contributed by atoms with van der Waals surface area (Å²) in [4.78, 5) is 25.1. The van der Waals surface area contributed by atoms with Gasteiger partial charge < -0.3 is 14.2 Å². The molecular weight excluding hydrogens is 372 g/mol. The van der Waals surface area contributed by atoms with Crippen molar-refractivity contribution in [2.75, 3.05) is 5.32 Å². The Balaban J connectivity index is 1.55. The minimum Gasteiger partial charge on any atom is -0.459 e. The van der Waals surface area contributed by atoms with E-state index in [-0.39, 0.29) is 28.8 Å². The van der Waals surface area contributed by atoms with E-state index in [1.807, 2.05) is 44.2 Å². The van der Waals surface area contributed by atoms with E-state index >= 15 is 0 Å². The molecule has 0 fully saturated rings. The van der Waals surface area contributed by atoms with Crippen LogP contribution < -0.4 is 10.6 Å². The molecule has 0 bridgehead atoms. The molecule has 0 aliphatic heterocycles. The molecule has 8 nitrogen and oxygen atoms in total. The summed E-state index contributed by atoms with van der Waals surface area (Å²) in [5.41, 5.74) is 1.86. The lowest BCUT2D eigenvalue weighted by Crippen LogP contribution is -2.40. The standard InChI is InChI=1S/C21H20N4O4/c1-12-9-10-28-16(12)20(27)22-18-17-14(24-25-18)11-15(29-17)19(26)23-21(2,3)13-7-5-4-6-8-13/h4-11H,1-3H3,(H,23,26)(H2,22,24,25,27). The number of aromatic nitrogens is 2. The lowest BCUT2D eigenvalue weighted by molar-refractivity contribution is 0.0885. The van der Waals surface area contributed by atoms with Gasteiger partial charge in [-0.2, -0.15) is 5.10 Å². The molecule has 0 unspecified atom stereocenters. The van der Waals surface area contributed by atoms with Gasteiger partial charge >= 0.3 is 0 Å². The number of benzene rings is 1. The zero-order valence-corrected chi connectivity index (χ0v) is 16.2.